The van der Waals surface area contributed by atoms with Gasteiger partial charge < -0.3 is 4.90 Å². The number of hydrogen-bond donors (Lipinski definition) is 0. The summed E-state index contributed by atoms with van der Waals surface area (Å²) in [5.41, 5.74) is 0.902. The third-order valence-electron chi connectivity index (χ3n) is 6.51. The molecule has 3 heterocycles. The molecular formula is C22H25FN4O2. The van der Waals surface area contributed by atoms with Crippen LogP contribution >= 0.6 is 0 Å². The van der Waals surface area contributed by atoms with Crippen LogP contribution in [0.3, 0.4) is 0 Å². The topological polar surface area (TPSA) is 58.4 Å². The maximum absolute atomic E-state index is 13.5. The lowest BCUT2D eigenvalue weighted by Crippen LogP contribution is -2.55. The second-order valence-electron chi connectivity index (χ2n) is 8.71. The van der Waals surface area contributed by atoms with Crippen molar-refractivity contribution in [3.8, 4) is 0 Å². The number of anilines is 1. The lowest BCUT2D eigenvalue weighted by atomic mass is 9.82. The molecule has 0 unspecified atom stereocenters. The highest BCUT2D eigenvalue weighted by Gasteiger charge is 2.47. The van der Waals surface area contributed by atoms with E-state index in [4.69, 9.17) is 5.10 Å². The Labute approximate surface area is 169 Å². The van der Waals surface area contributed by atoms with Gasteiger partial charge in [0, 0.05) is 31.3 Å². The Balaban J connectivity index is 1.38. The first kappa shape index (κ1) is 18.3. The molecule has 5 rings (SSSR count). The molecule has 1 aliphatic carbocycles. The van der Waals surface area contributed by atoms with Gasteiger partial charge in [0.05, 0.1) is 17.7 Å². The maximum Gasteiger partial charge on any atom is 0.253 e. The van der Waals surface area contributed by atoms with Crippen LogP contribution in [-0.4, -0.2) is 46.1 Å². The SMILES string of the molecule is Cc1cc2n(n1)C1(CCN(C(=O)c3cccc(F)c3)CC1)CC(=O)N2CC1CC1. The van der Waals surface area contributed by atoms with Crippen molar-refractivity contribution in [2.45, 2.75) is 44.6 Å². The van der Waals surface area contributed by atoms with Gasteiger partial charge in [-0.2, -0.15) is 5.10 Å². The minimum atomic E-state index is -0.408. The standard InChI is InChI=1S/C22H25FN4O2/c1-15-11-19-26(14-16-5-6-16)20(28)13-22(27(19)24-15)7-9-25(10-8-22)21(29)17-3-2-4-18(23)12-17/h2-4,11-12,16H,5-10,13-14H2,1H3. The van der Waals surface area contributed by atoms with Crippen molar-refractivity contribution in [3.05, 3.63) is 47.4 Å². The van der Waals surface area contributed by atoms with E-state index in [1.807, 2.05) is 17.9 Å². The van der Waals surface area contributed by atoms with E-state index in [9.17, 15) is 14.0 Å². The Bertz CT molecular complexity index is 973. The van der Waals surface area contributed by atoms with Crippen molar-refractivity contribution in [2.24, 2.45) is 5.92 Å². The average molecular weight is 396 g/mol. The van der Waals surface area contributed by atoms with Gasteiger partial charge in [-0.3, -0.25) is 14.5 Å². The van der Waals surface area contributed by atoms with Gasteiger partial charge in [-0.1, -0.05) is 6.07 Å². The molecule has 152 valence electrons. The third-order valence-corrected chi connectivity index (χ3v) is 6.51. The number of carbonyl (C=O) groups is 2. The Kier molecular flexibility index (Phi) is 4.22. The van der Waals surface area contributed by atoms with Crippen molar-refractivity contribution in [1.29, 1.82) is 0 Å². The van der Waals surface area contributed by atoms with Crippen molar-refractivity contribution in [1.82, 2.24) is 14.7 Å². The molecule has 0 bridgehead atoms. The second-order valence-corrected chi connectivity index (χ2v) is 8.71. The third kappa shape index (κ3) is 3.22. The number of likely N-dealkylation sites (tertiary alicyclic amines) is 1. The Hall–Kier alpha value is -2.70. The van der Waals surface area contributed by atoms with Gasteiger partial charge in [0.1, 0.15) is 11.6 Å². The highest BCUT2D eigenvalue weighted by atomic mass is 19.1. The number of benzene rings is 1. The highest BCUT2D eigenvalue weighted by Crippen LogP contribution is 2.43. The monoisotopic (exact) mass is 396 g/mol. The first-order chi connectivity index (χ1) is 13.9. The number of aromatic nitrogens is 2. The quantitative estimate of drug-likeness (QED) is 0.801. The van der Waals surface area contributed by atoms with Crippen LogP contribution in [0.4, 0.5) is 10.2 Å². The first-order valence-electron chi connectivity index (χ1n) is 10.4. The molecule has 1 aromatic heterocycles. The summed E-state index contributed by atoms with van der Waals surface area (Å²) in [6.45, 7) is 3.80. The molecule has 1 aromatic carbocycles. The van der Waals surface area contributed by atoms with Crippen LogP contribution in [0, 0.1) is 18.7 Å². The molecule has 3 aliphatic rings. The smallest absolute Gasteiger partial charge is 0.253 e. The molecule has 0 atom stereocenters. The van der Waals surface area contributed by atoms with E-state index in [0.717, 1.165) is 18.1 Å². The zero-order valence-electron chi connectivity index (χ0n) is 16.6. The van der Waals surface area contributed by atoms with Crippen molar-refractivity contribution >= 4 is 17.6 Å². The Morgan fingerprint density at radius 3 is 2.69 bits per heavy atom. The summed E-state index contributed by atoms with van der Waals surface area (Å²) in [4.78, 5) is 29.5. The zero-order chi connectivity index (χ0) is 20.2. The van der Waals surface area contributed by atoms with E-state index >= 15 is 0 Å². The predicted octanol–water partition coefficient (Wildman–Crippen LogP) is 3.11. The summed E-state index contributed by atoms with van der Waals surface area (Å²) in [5.74, 6) is 1.11. The fourth-order valence-electron chi connectivity index (χ4n) is 4.68. The normalized spacial score (nSPS) is 20.8. The minimum Gasteiger partial charge on any atom is -0.338 e. The fourth-order valence-corrected chi connectivity index (χ4v) is 4.68. The molecular weight excluding hydrogens is 371 g/mol. The van der Waals surface area contributed by atoms with Crippen molar-refractivity contribution in [3.63, 3.8) is 0 Å². The molecule has 2 amide bonds. The van der Waals surface area contributed by atoms with Crippen LogP contribution in [-0.2, 0) is 10.3 Å². The Morgan fingerprint density at radius 2 is 2.00 bits per heavy atom. The van der Waals surface area contributed by atoms with E-state index in [1.165, 1.54) is 25.0 Å². The van der Waals surface area contributed by atoms with Gasteiger partial charge >= 0.3 is 0 Å². The number of piperidine rings is 1. The lowest BCUT2D eigenvalue weighted by Gasteiger charge is -2.46. The van der Waals surface area contributed by atoms with Gasteiger partial charge in [0.2, 0.25) is 5.91 Å². The summed E-state index contributed by atoms with van der Waals surface area (Å²) in [6, 6.07) is 7.82. The molecule has 2 fully saturated rings. The minimum absolute atomic E-state index is 0.159. The van der Waals surface area contributed by atoms with E-state index in [1.54, 1.807) is 17.0 Å². The molecule has 7 heteroatoms. The van der Waals surface area contributed by atoms with Crippen LogP contribution in [0.1, 0.15) is 48.2 Å². The summed E-state index contributed by atoms with van der Waals surface area (Å²) in [6.07, 6.45) is 4.16. The molecule has 1 saturated carbocycles. The number of nitrogens with zero attached hydrogens (tertiary/aromatic N) is 4. The summed E-state index contributed by atoms with van der Waals surface area (Å²) in [5, 5.41) is 4.75. The van der Waals surface area contributed by atoms with Crippen molar-refractivity contribution in [2.75, 3.05) is 24.5 Å². The zero-order valence-corrected chi connectivity index (χ0v) is 16.6. The lowest BCUT2D eigenvalue weighted by molar-refractivity contribution is -0.122. The van der Waals surface area contributed by atoms with Gasteiger partial charge in [0.15, 0.2) is 0 Å². The molecule has 29 heavy (non-hydrogen) atoms. The molecule has 2 aliphatic heterocycles. The van der Waals surface area contributed by atoms with E-state index in [0.29, 0.717) is 43.8 Å². The van der Waals surface area contributed by atoms with Crippen LogP contribution in [0.2, 0.25) is 0 Å². The van der Waals surface area contributed by atoms with Crippen LogP contribution in [0.15, 0.2) is 30.3 Å². The highest BCUT2D eigenvalue weighted by molar-refractivity contribution is 5.95. The molecule has 2 aromatic rings. The second kappa shape index (κ2) is 6.68. The van der Waals surface area contributed by atoms with E-state index in [2.05, 4.69) is 4.68 Å². The summed E-state index contributed by atoms with van der Waals surface area (Å²) in [7, 11) is 0. The molecule has 1 saturated heterocycles. The molecule has 1 spiro atoms. The van der Waals surface area contributed by atoms with Crippen LogP contribution in [0.5, 0.6) is 0 Å². The molecule has 0 N–H and O–H groups in total. The molecule has 6 nitrogen and oxygen atoms in total. The van der Waals surface area contributed by atoms with Gasteiger partial charge in [-0.05, 0) is 56.7 Å². The predicted molar refractivity (Wildman–Crippen MR) is 106 cm³/mol. The van der Waals surface area contributed by atoms with Crippen LogP contribution < -0.4 is 4.90 Å². The molecule has 0 radical (unpaired) electrons. The van der Waals surface area contributed by atoms with Gasteiger partial charge in [-0.15, -0.1) is 0 Å². The fraction of sp³-hybridized carbons (Fsp3) is 0.500. The van der Waals surface area contributed by atoms with E-state index in [-0.39, 0.29) is 17.4 Å². The number of fused-ring (bicyclic) bond motifs is 2. The number of hydrogen-bond acceptors (Lipinski definition) is 3. The van der Waals surface area contributed by atoms with Crippen molar-refractivity contribution < 1.29 is 14.0 Å². The maximum atomic E-state index is 13.5. The Morgan fingerprint density at radius 1 is 1.24 bits per heavy atom. The van der Waals surface area contributed by atoms with Gasteiger partial charge in [0.25, 0.3) is 5.91 Å². The number of carbonyl (C=O) groups excluding carboxylic acids is 2. The number of rotatable bonds is 3. The number of halogens is 1. The largest absolute Gasteiger partial charge is 0.338 e. The summed E-state index contributed by atoms with van der Waals surface area (Å²) < 4.78 is 15.5. The van der Waals surface area contributed by atoms with Crippen LogP contribution in [0.25, 0.3) is 0 Å². The number of aryl methyl sites for hydroxylation is 1. The number of amides is 2. The average Bonchev–Trinajstić information content (AvgIpc) is 3.44. The summed E-state index contributed by atoms with van der Waals surface area (Å²) >= 11 is 0. The first-order valence-corrected chi connectivity index (χ1v) is 10.4. The van der Waals surface area contributed by atoms with E-state index < -0.39 is 5.82 Å². The van der Waals surface area contributed by atoms with Gasteiger partial charge in [-0.25, -0.2) is 9.07 Å².